The Kier molecular flexibility index (Phi) is 4.49. The number of rotatable bonds is 3. The summed E-state index contributed by atoms with van der Waals surface area (Å²) < 4.78 is 0. The summed E-state index contributed by atoms with van der Waals surface area (Å²) in [7, 11) is 0. The maximum absolute atomic E-state index is 9.23. The second kappa shape index (κ2) is 6.11. The van der Waals surface area contributed by atoms with Gasteiger partial charge in [-0.2, -0.15) is 5.26 Å². The van der Waals surface area contributed by atoms with E-state index in [-0.39, 0.29) is 0 Å². The summed E-state index contributed by atoms with van der Waals surface area (Å²) >= 11 is 6.08. The fourth-order valence-electron chi connectivity index (χ4n) is 2.85. The molecule has 0 aliphatic heterocycles. The van der Waals surface area contributed by atoms with Gasteiger partial charge in [0.25, 0.3) is 0 Å². The molecule has 0 unspecified atom stereocenters. The Morgan fingerprint density at radius 3 is 2.67 bits per heavy atom. The average molecular weight is 263 g/mol. The van der Waals surface area contributed by atoms with Crippen LogP contribution in [-0.4, -0.2) is 12.6 Å². The molecule has 1 aromatic rings. The summed E-state index contributed by atoms with van der Waals surface area (Å²) in [6.07, 6.45) is 6.39. The predicted molar refractivity (Wildman–Crippen MR) is 76.1 cm³/mol. The summed E-state index contributed by atoms with van der Waals surface area (Å²) in [4.78, 5) is 2.35. The summed E-state index contributed by atoms with van der Waals surface area (Å²) in [5.41, 5.74) is 1.73. The topological polar surface area (TPSA) is 27.0 Å². The van der Waals surface area contributed by atoms with Crippen molar-refractivity contribution in [1.29, 1.82) is 5.26 Å². The van der Waals surface area contributed by atoms with E-state index in [2.05, 4.69) is 17.9 Å². The van der Waals surface area contributed by atoms with Crippen LogP contribution in [-0.2, 0) is 0 Å². The molecular formula is C15H19ClN2. The Labute approximate surface area is 114 Å². The van der Waals surface area contributed by atoms with E-state index in [9.17, 15) is 5.26 Å². The van der Waals surface area contributed by atoms with Crippen LogP contribution in [0.5, 0.6) is 0 Å². The van der Waals surface area contributed by atoms with Gasteiger partial charge >= 0.3 is 0 Å². The Morgan fingerprint density at radius 1 is 1.33 bits per heavy atom. The molecule has 0 radical (unpaired) electrons. The second-order valence-corrected chi connectivity index (χ2v) is 5.29. The first-order valence-electron chi connectivity index (χ1n) is 6.72. The highest BCUT2D eigenvalue weighted by Crippen LogP contribution is 2.31. The van der Waals surface area contributed by atoms with Gasteiger partial charge in [0.2, 0.25) is 0 Å². The van der Waals surface area contributed by atoms with Gasteiger partial charge in [-0.1, -0.05) is 30.9 Å². The molecule has 1 fully saturated rings. The summed E-state index contributed by atoms with van der Waals surface area (Å²) in [6.45, 7) is 3.08. The molecule has 0 heterocycles. The van der Waals surface area contributed by atoms with E-state index in [0.29, 0.717) is 11.1 Å². The lowest BCUT2D eigenvalue weighted by molar-refractivity contribution is 0.418. The first-order chi connectivity index (χ1) is 8.76. The lowest BCUT2D eigenvalue weighted by Crippen LogP contribution is -2.37. The molecule has 0 N–H and O–H groups in total. The van der Waals surface area contributed by atoms with Crippen molar-refractivity contribution in [2.24, 2.45) is 0 Å². The molecule has 1 aliphatic rings. The second-order valence-electron chi connectivity index (χ2n) is 4.85. The largest absolute Gasteiger partial charge is 0.368 e. The average Bonchev–Trinajstić information content (AvgIpc) is 2.41. The van der Waals surface area contributed by atoms with E-state index < -0.39 is 0 Å². The van der Waals surface area contributed by atoms with E-state index in [0.717, 1.165) is 17.8 Å². The van der Waals surface area contributed by atoms with Crippen LogP contribution in [0, 0.1) is 11.3 Å². The van der Waals surface area contributed by atoms with E-state index in [1.165, 1.54) is 32.1 Å². The van der Waals surface area contributed by atoms with Crippen LogP contribution >= 0.6 is 11.6 Å². The number of halogens is 1. The van der Waals surface area contributed by atoms with Gasteiger partial charge in [0.1, 0.15) is 6.07 Å². The molecule has 96 valence electrons. The van der Waals surface area contributed by atoms with Crippen molar-refractivity contribution in [2.45, 2.75) is 45.1 Å². The molecule has 0 atom stereocenters. The SMILES string of the molecule is CCN(c1cc(Cl)ccc1C#N)C1CCCCC1. The quantitative estimate of drug-likeness (QED) is 0.809. The molecule has 0 aromatic heterocycles. The molecule has 1 saturated carbocycles. The molecule has 0 bridgehead atoms. The maximum Gasteiger partial charge on any atom is 0.101 e. The van der Waals surface area contributed by atoms with Gasteiger partial charge in [-0.05, 0) is 38.0 Å². The molecule has 2 nitrogen and oxygen atoms in total. The van der Waals surface area contributed by atoms with Crippen LogP contribution in [0.3, 0.4) is 0 Å². The van der Waals surface area contributed by atoms with Gasteiger partial charge in [0, 0.05) is 17.6 Å². The van der Waals surface area contributed by atoms with Crippen LogP contribution in [0.4, 0.5) is 5.69 Å². The molecule has 2 rings (SSSR count). The molecule has 18 heavy (non-hydrogen) atoms. The van der Waals surface area contributed by atoms with Crippen LogP contribution in [0.2, 0.25) is 5.02 Å². The number of hydrogen-bond acceptors (Lipinski definition) is 2. The van der Waals surface area contributed by atoms with Gasteiger partial charge in [0.15, 0.2) is 0 Å². The van der Waals surface area contributed by atoms with Crippen molar-refractivity contribution in [3.63, 3.8) is 0 Å². The van der Waals surface area contributed by atoms with Gasteiger partial charge in [-0.15, -0.1) is 0 Å². The minimum atomic E-state index is 0.564. The third-order valence-corrected chi connectivity index (χ3v) is 3.98. The number of nitriles is 1. The van der Waals surface area contributed by atoms with Crippen molar-refractivity contribution in [3.8, 4) is 6.07 Å². The summed E-state index contributed by atoms with van der Waals surface area (Å²) in [5, 5.41) is 9.94. The van der Waals surface area contributed by atoms with Gasteiger partial charge < -0.3 is 4.90 Å². The minimum Gasteiger partial charge on any atom is -0.368 e. The fourth-order valence-corrected chi connectivity index (χ4v) is 3.02. The third-order valence-electron chi connectivity index (χ3n) is 3.75. The Morgan fingerprint density at radius 2 is 2.06 bits per heavy atom. The van der Waals surface area contributed by atoms with Gasteiger partial charge in [0.05, 0.1) is 11.3 Å². The van der Waals surface area contributed by atoms with Crippen molar-refractivity contribution in [3.05, 3.63) is 28.8 Å². The summed E-state index contributed by atoms with van der Waals surface area (Å²) in [5.74, 6) is 0. The molecule has 1 aliphatic carbocycles. The fraction of sp³-hybridized carbons (Fsp3) is 0.533. The Hall–Kier alpha value is -1.20. The van der Waals surface area contributed by atoms with Gasteiger partial charge in [-0.3, -0.25) is 0 Å². The molecule has 0 spiro atoms. The predicted octanol–water partition coefficient (Wildman–Crippen LogP) is 4.37. The maximum atomic E-state index is 9.23. The lowest BCUT2D eigenvalue weighted by Gasteiger charge is -2.36. The highest BCUT2D eigenvalue weighted by molar-refractivity contribution is 6.30. The van der Waals surface area contributed by atoms with E-state index >= 15 is 0 Å². The Bertz CT molecular complexity index is 444. The first-order valence-corrected chi connectivity index (χ1v) is 7.10. The van der Waals surface area contributed by atoms with Crippen LogP contribution in [0.1, 0.15) is 44.6 Å². The van der Waals surface area contributed by atoms with Crippen LogP contribution in [0.15, 0.2) is 18.2 Å². The molecule has 3 heteroatoms. The third kappa shape index (κ3) is 2.79. The van der Waals surface area contributed by atoms with E-state index in [1.807, 2.05) is 12.1 Å². The Balaban J connectivity index is 2.31. The monoisotopic (exact) mass is 262 g/mol. The smallest absolute Gasteiger partial charge is 0.101 e. The normalized spacial score (nSPS) is 16.3. The zero-order chi connectivity index (χ0) is 13.0. The molecular weight excluding hydrogens is 244 g/mol. The van der Waals surface area contributed by atoms with E-state index in [1.54, 1.807) is 6.07 Å². The molecule has 1 aromatic carbocycles. The van der Waals surface area contributed by atoms with E-state index in [4.69, 9.17) is 11.6 Å². The first kappa shape index (κ1) is 13.2. The molecule has 0 saturated heterocycles. The number of benzene rings is 1. The van der Waals surface area contributed by atoms with Crippen molar-refractivity contribution in [1.82, 2.24) is 0 Å². The van der Waals surface area contributed by atoms with Crippen molar-refractivity contribution >= 4 is 17.3 Å². The highest BCUT2D eigenvalue weighted by Gasteiger charge is 2.22. The summed E-state index contributed by atoms with van der Waals surface area (Å²) in [6, 6.07) is 8.38. The van der Waals surface area contributed by atoms with Crippen molar-refractivity contribution < 1.29 is 0 Å². The number of hydrogen-bond donors (Lipinski definition) is 0. The van der Waals surface area contributed by atoms with Crippen LogP contribution in [0.25, 0.3) is 0 Å². The molecule has 0 amide bonds. The standard InChI is InChI=1S/C15H19ClN2/c1-2-18(14-6-4-3-5-7-14)15-10-13(16)9-8-12(15)11-17/h8-10,14H,2-7H2,1H3. The zero-order valence-electron chi connectivity index (χ0n) is 10.8. The lowest BCUT2D eigenvalue weighted by atomic mass is 9.93. The van der Waals surface area contributed by atoms with Crippen molar-refractivity contribution in [2.75, 3.05) is 11.4 Å². The number of anilines is 1. The minimum absolute atomic E-state index is 0.564. The highest BCUT2D eigenvalue weighted by atomic mass is 35.5. The number of nitrogens with zero attached hydrogens (tertiary/aromatic N) is 2. The van der Waals surface area contributed by atoms with Gasteiger partial charge in [-0.25, -0.2) is 0 Å². The van der Waals surface area contributed by atoms with Crippen LogP contribution < -0.4 is 4.90 Å². The zero-order valence-corrected chi connectivity index (χ0v) is 11.6.